The minimum Gasteiger partial charge on any atom is -0.494 e. The van der Waals surface area contributed by atoms with E-state index >= 15 is 0 Å². The monoisotopic (exact) mass is 288 g/mol. The third-order valence-corrected chi connectivity index (χ3v) is 5.11. The first-order valence-corrected chi connectivity index (χ1v) is 8.45. The quantitative estimate of drug-likeness (QED) is 0.900. The largest absolute Gasteiger partial charge is 0.494 e. The van der Waals surface area contributed by atoms with Gasteiger partial charge < -0.3 is 10.1 Å². The molecule has 0 radical (unpaired) electrons. The zero-order valence-electron chi connectivity index (χ0n) is 13.3. The van der Waals surface area contributed by atoms with Gasteiger partial charge in [0, 0.05) is 24.7 Å². The highest BCUT2D eigenvalue weighted by Gasteiger charge is 2.37. The van der Waals surface area contributed by atoms with Crippen LogP contribution in [-0.2, 0) is 6.54 Å². The van der Waals surface area contributed by atoms with Crippen LogP contribution in [0, 0.1) is 0 Å². The molecule has 2 bridgehead atoms. The van der Waals surface area contributed by atoms with E-state index in [4.69, 9.17) is 4.74 Å². The molecule has 1 N–H and O–H groups in total. The van der Waals surface area contributed by atoms with Crippen LogP contribution >= 0.6 is 0 Å². The summed E-state index contributed by atoms with van der Waals surface area (Å²) < 4.78 is 5.64. The van der Waals surface area contributed by atoms with Gasteiger partial charge in [-0.25, -0.2) is 0 Å². The van der Waals surface area contributed by atoms with Crippen LogP contribution < -0.4 is 10.1 Å². The van der Waals surface area contributed by atoms with Gasteiger partial charge in [0.05, 0.1) is 6.61 Å². The van der Waals surface area contributed by atoms with Crippen LogP contribution in [-0.4, -0.2) is 36.7 Å². The molecule has 2 aliphatic heterocycles. The van der Waals surface area contributed by atoms with Crippen LogP contribution in [0.4, 0.5) is 0 Å². The van der Waals surface area contributed by atoms with Crippen LogP contribution in [0.5, 0.6) is 5.75 Å². The summed E-state index contributed by atoms with van der Waals surface area (Å²) in [6.45, 7) is 3.86. The molecule has 2 aliphatic rings. The summed E-state index contributed by atoms with van der Waals surface area (Å²) in [5, 5.41) is 3.50. The minimum atomic E-state index is 0.714. The number of rotatable bonds is 5. The maximum atomic E-state index is 5.64. The van der Waals surface area contributed by atoms with Crippen molar-refractivity contribution in [2.24, 2.45) is 0 Å². The fraction of sp³-hybridized carbons (Fsp3) is 0.667. The van der Waals surface area contributed by atoms with Crippen molar-refractivity contribution in [3.05, 3.63) is 29.8 Å². The van der Waals surface area contributed by atoms with Gasteiger partial charge in [-0.3, -0.25) is 4.90 Å². The number of ether oxygens (including phenoxy) is 1. The number of hydrogen-bond acceptors (Lipinski definition) is 3. The summed E-state index contributed by atoms with van der Waals surface area (Å²) in [6, 6.07) is 10.9. The summed E-state index contributed by atoms with van der Waals surface area (Å²) in [7, 11) is 2.11. The molecular formula is C18H28N2O. The van der Waals surface area contributed by atoms with Crippen LogP contribution in [0.25, 0.3) is 0 Å². The molecule has 0 aliphatic carbocycles. The highest BCUT2D eigenvalue weighted by atomic mass is 16.5. The van der Waals surface area contributed by atoms with Crippen LogP contribution in [0.3, 0.4) is 0 Å². The standard InChI is InChI=1S/C18H28N2O/c1-3-21-18-9-4-6-14(10-18)13-20-16-7-5-8-17(20)12-15(11-16)19-2/h4,6,9-10,15-17,19H,3,5,7-8,11-13H2,1-2H3. The third-order valence-electron chi connectivity index (χ3n) is 5.11. The summed E-state index contributed by atoms with van der Waals surface area (Å²) in [4.78, 5) is 2.75. The average Bonchev–Trinajstić information content (AvgIpc) is 2.47. The van der Waals surface area contributed by atoms with Gasteiger partial charge in [-0.15, -0.1) is 0 Å². The topological polar surface area (TPSA) is 24.5 Å². The van der Waals surface area contributed by atoms with Crippen LogP contribution in [0.2, 0.25) is 0 Å². The molecule has 21 heavy (non-hydrogen) atoms. The molecule has 2 atom stereocenters. The third kappa shape index (κ3) is 3.41. The van der Waals surface area contributed by atoms with Gasteiger partial charge >= 0.3 is 0 Å². The van der Waals surface area contributed by atoms with Crippen molar-refractivity contribution in [2.45, 2.75) is 63.7 Å². The lowest BCUT2D eigenvalue weighted by Crippen LogP contribution is -2.55. The fourth-order valence-electron chi connectivity index (χ4n) is 4.08. The number of hydrogen-bond donors (Lipinski definition) is 1. The van der Waals surface area contributed by atoms with Crippen LogP contribution in [0.15, 0.2) is 24.3 Å². The van der Waals surface area contributed by atoms with Gasteiger partial charge in [0.25, 0.3) is 0 Å². The summed E-state index contributed by atoms with van der Waals surface area (Å²) in [5.74, 6) is 1.00. The van der Waals surface area contributed by atoms with Crippen LogP contribution in [0.1, 0.15) is 44.6 Å². The normalized spacial score (nSPS) is 29.3. The van der Waals surface area contributed by atoms with E-state index in [2.05, 4.69) is 41.5 Å². The van der Waals surface area contributed by atoms with Gasteiger partial charge in [-0.1, -0.05) is 18.6 Å². The smallest absolute Gasteiger partial charge is 0.119 e. The molecular weight excluding hydrogens is 260 g/mol. The second-order valence-corrected chi connectivity index (χ2v) is 6.45. The van der Waals surface area contributed by atoms with E-state index in [-0.39, 0.29) is 0 Å². The summed E-state index contributed by atoms with van der Waals surface area (Å²) in [6.07, 6.45) is 6.73. The van der Waals surface area contributed by atoms with Gasteiger partial charge in [0.2, 0.25) is 0 Å². The van der Waals surface area contributed by atoms with Crippen molar-refractivity contribution < 1.29 is 4.74 Å². The molecule has 3 heteroatoms. The number of nitrogens with one attached hydrogen (secondary N) is 1. The molecule has 0 saturated carbocycles. The van der Waals surface area contributed by atoms with E-state index in [0.29, 0.717) is 6.04 Å². The summed E-state index contributed by atoms with van der Waals surface area (Å²) in [5.41, 5.74) is 1.39. The molecule has 1 aromatic rings. The summed E-state index contributed by atoms with van der Waals surface area (Å²) >= 11 is 0. The van der Waals surface area contributed by atoms with E-state index in [1.807, 2.05) is 6.92 Å². The van der Waals surface area contributed by atoms with Gasteiger partial charge in [-0.05, 0) is 57.4 Å². The molecule has 1 aromatic carbocycles. The highest BCUT2D eigenvalue weighted by molar-refractivity contribution is 5.28. The Kier molecular flexibility index (Phi) is 4.81. The second-order valence-electron chi connectivity index (χ2n) is 6.45. The molecule has 2 saturated heterocycles. The molecule has 2 fully saturated rings. The van der Waals surface area contributed by atoms with E-state index in [0.717, 1.165) is 31.0 Å². The Morgan fingerprint density at radius 2 is 2.00 bits per heavy atom. The number of benzene rings is 1. The molecule has 2 heterocycles. The maximum Gasteiger partial charge on any atom is 0.119 e. The van der Waals surface area contributed by atoms with Crippen molar-refractivity contribution in [1.82, 2.24) is 10.2 Å². The molecule has 116 valence electrons. The Hall–Kier alpha value is -1.06. The molecule has 0 amide bonds. The lowest BCUT2D eigenvalue weighted by Gasteiger charge is -2.49. The lowest BCUT2D eigenvalue weighted by molar-refractivity contribution is 0.0190. The SMILES string of the molecule is CCOc1cccc(CN2C3CCCC2CC(NC)C3)c1. The van der Waals surface area contributed by atoms with E-state index in [1.165, 1.54) is 37.7 Å². The number of fused-ring (bicyclic) bond motifs is 2. The lowest BCUT2D eigenvalue weighted by atomic mass is 9.81. The Bertz CT molecular complexity index is 448. The van der Waals surface area contributed by atoms with Crippen molar-refractivity contribution in [3.63, 3.8) is 0 Å². The Morgan fingerprint density at radius 1 is 1.24 bits per heavy atom. The highest BCUT2D eigenvalue weighted by Crippen LogP contribution is 2.35. The number of nitrogens with zero attached hydrogens (tertiary/aromatic N) is 1. The van der Waals surface area contributed by atoms with E-state index in [9.17, 15) is 0 Å². The zero-order chi connectivity index (χ0) is 14.7. The Balaban J connectivity index is 1.70. The molecule has 3 nitrogen and oxygen atoms in total. The van der Waals surface area contributed by atoms with Crippen molar-refractivity contribution in [1.29, 1.82) is 0 Å². The van der Waals surface area contributed by atoms with Crippen molar-refractivity contribution in [3.8, 4) is 5.75 Å². The van der Waals surface area contributed by atoms with Gasteiger partial charge in [-0.2, -0.15) is 0 Å². The Morgan fingerprint density at radius 3 is 2.67 bits per heavy atom. The van der Waals surface area contributed by atoms with Gasteiger partial charge in [0.15, 0.2) is 0 Å². The van der Waals surface area contributed by atoms with Crippen molar-refractivity contribution in [2.75, 3.05) is 13.7 Å². The second kappa shape index (κ2) is 6.80. The van der Waals surface area contributed by atoms with Crippen molar-refractivity contribution >= 4 is 0 Å². The molecule has 3 rings (SSSR count). The minimum absolute atomic E-state index is 0.714. The molecule has 0 aromatic heterocycles. The predicted octanol–water partition coefficient (Wildman–Crippen LogP) is 3.19. The van der Waals surface area contributed by atoms with E-state index < -0.39 is 0 Å². The zero-order valence-corrected chi connectivity index (χ0v) is 13.3. The molecule has 2 unspecified atom stereocenters. The fourth-order valence-corrected chi connectivity index (χ4v) is 4.08. The Labute approximate surface area is 128 Å². The van der Waals surface area contributed by atoms with Gasteiger partial charge in [0.1, 0.15) is 5.75 Å². The first-order valence-electron chi connectivity index (χ1n) is 8.45. The number of piperidine rings is 2. The first-order chi connectivity index (χ1) is 10.3. The predicted molar refractivity (Wildman–Crippen MR) is 86.7 cm³/mol. The maximum absolute atomic E-state index is 5.64. The molecule has 0 spiro atoms. The average molecular weight is 288 g/mol. The first kappa shape index (κ1) is 14.9. The van der Waals surface area contributed by atoms with E-state index in [1.54, 1.807) is 0 Å².